The average Bonchev–Trinajstić information content (AvgIpc) is 2.77. The van der Waals surface area contributed by atoms with Gasteiger partial charge in [-0.15, -0.1) is 0 Å². The Bertz CT molecular complexity index is 897. The Morgan fingerprint density at radius 1 is 1.03 bits per heavy atom. The number of nitrogens with one attached hydrogen (secondary N) is 1. The van der Waals surface area contributed by atoms with Crippen molar-refractivity contribution in [1.29, 1.82) is 0 Å². The van der Waals surface area contributed by atoms with Gasteiger partial charge in [0.2, 0.25) is 0 Å². The van der Waals surface area contributed by atoms with Crippen molar-refractivity contribution in [3.63, 3.8) is 0 Å². The van der Waals surface area contributed by atoms with Crippen molar-refractivity contribution in [1.82, 2.24) is 5.32 Å². The average molecular weight is 415 g/mol. The van der Waals surface area contributed by atoms with E-state index in [1.165, 1.54) is 13.2 Å². The second-order valence-electron chi connectivity index (χ2n) is 6.45. The molecule has 0 bridgehead atoms. The van der Waals surface area contributed by atoms with Gasteiger partial charge < -0.3 is 29.0 Å². The Morgan fingerprint density at radius 3 is 2.60 bits per heavy atom. The van der Waals surface area contributed by atoms with E-state index in [2.05, 4.69) is 5.32 Å². The number of hydrogen-bond acceptors (Lipinski definition) is 7. The van der Waals surface area contributed by atoms with Gasteiger partial charge in [-0.05, 0) is 49.2 Å². The van der Waals surface area contributed by atoms with Crippen LogP contribution in [0.2, 0.25) is 0 Å². The van der Waals surface area contributed by atoms with Gasteiger partial charge in [0.05, 0.1) is 19.3 Å². The van der Waals surface area contributed by atoms with Gasteiger partial charge in [-0.1, -0.05) is 6.07 Å². The van der Waals surface area contributed by atoms with Crippen LogP contribution in [-0.4, -0.2) is 52.0 Å². The Morgan fingerprint density at radius 2 is 1.83 bits per heavy atom. The van der Waals surface area contributed by atoms with Crippen LogP contribution in [0.3, 0.4) is 0 Å². The second-order valence-corrected chi connectivity index (χ2v) is 6.45. The lowest BCUT2D eigenvalue weighted by Gasteiger charge is -2.18. The van der Waals surface area contributed by atoms with Gasteiger partial charge in [-0.3, -0.25) is 4.79 Å². The third-order valence-corrected chi connectivity index (χ3v) is 4.38. The fourth-order valence-corrected chi connectivity index (χ4v) is 2.92. The molecule has 1 aliphatic rings. The summed E-state index contributed by atoms with van der Waals surface area (Å²) in [6.45, 7) is 3.45. The van der Waals surface area contributed by atoms with Crippen molar-refractivity contribution in [3.05, 3.63) is 47.5 Å². The van der Waals surface area contributed by atoms with Gasteiger partial charge in [0.1, 0.15) is 13.2 Å². The minimum absolute atomic E-state index is 0.277. The van der Waals surface area contributed by atoms with Crippen LogP contribution in [0.5, 0.6) is 23.0 Å². The van der Waals surface area contributed by atoms with Crippen LogP contribution in [0.1, 0.15) is 22.8 Å². The van der Waals surface area contributed by atoms with E-state index in [4.69, 9.17) is 23.7 Å². The van der Waals surface area contributed by atoms with Gasteiger partial charge in [0, 0.05) is 6.54 Å². The largest absolute Gasteiger partial charge is 0.493 e. The normalized spacial score (nSPS) is 12.1. The summed E-state index contributed by atoms with van der Waals surface area (Å²) in [5, 5.41) is 2.73. The summed E-state index contributed by atoms with van der Waals surface area (Å²) in [7, 11) is 1.49. The van der Waals surface area contributed by atoms with E-state index in [1.54, 1.807) is 12.1 Å². The molecule has 30 heavy (non-hydrogen) atoms. The standard InChI is InChI=1S/C22H25NO7/c1-3-27-17-7-5-16(13-19(17)26-2)22(25)30-14-21(24)23-9-8-15-4-6-18-20(12-15)29-11-10-28-18/h4-7,12-13H,3,8-11,14H2,1-2H3,(H,23,24). The first-order valence-corrected chi connectivity index (χ1v) is 9.74. The zero-order valence-electron chi connectivity index (χ0n) is 17.1. The molecule has 0 saturated carbocycles. The Balaban J connectivity index is 1.43. The number of carbonyl (C=O) groups is 2. The van der Waals surface area contributed by atoms with Crippen LogP contribution >= 0.6 is 0 Å². The smallest absolute Gasteiger partial charge is 0.338 e. The van der Waals surface area contributed by atoms with Gasteiger partial charge >= 0.3 is 5.97 Å². The molecule has 1 aliphatic heterocycles. The monoisotopic (exact) mass is 415 g/mol. The zero-order chi connectivity index (χ0) is 21.3. The zero-order valence-corrected chi connectivity index (χ0v) is 17.1. The fraction of sp³-hybridized carbons (Fsp3) is 0.364. The summed E-state index contributed by atoms with van der Waals surface area (Å²) in [4.78, 5) is 24.2. The molecule has 0 aliphatic carbocycles. The topological polar surface area (TPSA) is 92.3 Å². The highest BCUT2D eigenvalue weighted by Crippen LogP contribution is 2.31. The molecule has 8 heteroatoms. The molecule has 1 heterocycles. The third kappa shape index (κ3) is 5.56. The quantitative estimate of drug-likeness (QED) is 0.629. The molecule has 3 rings (SSSR count). The predicted octanol–water partition coefficient (Wildman–Crippen LogP) is 2.38. The molecule has 0 radical (unpaired) electrons. The van der Waals surface area contributed by atoms with Crippen molar-refractivity contribution < 1.29 is 33.3 Å². The van der Waals surface area contributed by atoms with E-state index in [0.29, 0.717) is 50.0 Å². The summed E-state index contributed by atoms with van der Waals surface area (Å²) in [5.74, 6) is 1.41. The Labute approximate surface area is 175 Å². The SMILES string of the molecule is CCOc1ccc(C(=O)OCC(=O)NCCc2ccc3c(c2)OCCO3)cc1OC. The molecule has 2 aromatic rings. The molecule has 0 saturated heterocycles. The highest BCUT2D eigenvalue weighted by molar-refractivity contribution is 5.92. The van der Waals surface area contributed by atoms with E-state index >= 15 is 0 Å². The molecule has 0 aromatic heterocycles. The van der Waals surface area contributed by atoms with Crippen LogP contribution in [-0.2, 0) is 16.0 Å². The number of methoxy groups -OCH3 is 1. The van der Waals surface area contributed by atoms with Crippen LogP contribution in [0, 0.1) is 0 Å². The summed E-state index contributed by atoms with van der Waals surface area (Å²) in [6.07, 6.45) is 0.617. The van der Waals surface area contributed by atoms with E-state index in [1.807, 2.05) is 25.1 Å². The van der Waals surface area contributed by atoms with E-state index < -0.39 is 5.97 Å². The molecule has 0 spiro atoms. The van der Waals surface area contributed by atoms with Crippen molar-refractivity contribution in [2.24, 2.45) is 0 Å². The highest BCUT2D eigenvalue weighted by atomic mass is 16.6. The first-order chi connectivity index (χ1) is 14.6. The molecule has 2 aromatic carbocycles. The number of fused-ring (bicyclic) bond motifs is 1. The minimum atomic E-state index is -0.613. The van der Waals surface area contributed by atoms with Crippen molar-refractivity contribution in [2.45, 2.75) is 13.3 Å². The van der Waals surface area contributed by atoms with E-state index in [0.717, 1.165) is 11.3 Å². The maximum atomic E-state index is 12.2. The van der Waals surface area contributed by atoms with Gasteiger partial charge in [0.25, 0.3) is 5.91 Å². The first kappa shape index (κ1) is 21.3. The fourth-order valence-electron chi connectivity index (χ4n) is 2.92. The summed E-state index contributed by atoms with van der Waals surface area (Å²) < 4.78 is 26.8. The number of amides is 1. The number of esters is 1. The van der Waals surface area contributed by atoms with Crippen molar-refractivity contribution in [2.75, 3.05) is 40.1 Å². The molecule has 0 fully saturated rings. The lowest BCUT2D eigenvalue weighted by atomic mass is 10.1. The molecular formula is C22H25NO7. The second kappa shape index (κ2) is 10.4. The highest BCUT2D eigenvalue weighted by Gasteiger charge is 2.14. The number of hydrogen-bond donors (Lipinski definition) is 1. The van der Waals surface area contributed by atoms with Gasteiger partial charge in [0.15, 0.2) is 29.6 Å². The minimum Gasteiger partial charge on any atom is -0.493 e. The molecular weight excluding hydrogens is 390 g/mol. The first-order valence-electron chi connectivity index (χ1n) is 9.74. The lowest BCUT2D eigenvalue weighted by Crippen LogP contribution is -2.30. The third-order valence-electron chi connectivity index (χ3n) is 4.38. The van der Waals surface area contributed by atoms with Crippen molar-refractivity contribution >= 4 is 11.9 Å². The van der Waals surface area contributed by atoms with Crippen LogP contribution in [0.15, 0.2) is 36.4 Å². The number of ether oxygens (including phenoxy) is 5. The number of benzene rings is 2. The molecule has 1 N–H and O–H groups in total. The number of carbonyl (C=O) groups excluding carboxylic acids is 2. The molecule has 8 nitrogen and oxygen atoms in total. The van der Waals surface area contributed by atoms with Crippen LogP contribution in [0.4, 0.5) is 0 Å². The molecule has 1 amide bonds. The molecule has 0 unspecified atom stereocenters. The molecule has 0 atom stereocenters. The van der Waals surface area contributed by atoms with Crippen LogP contribution in [0.25, 0.3) is 0 Å². The van der Waals surface area contributed by atoms with Gasteiger partial charge in [-0.25, -0.2) is 4.79 Å². The maximum Gasteiger partial charge on any atom is 0.338 e. The van der Waals surface area contributed by atoms with Crippen molar-refractivity contribution in [3.8, 4) is 23.0 Å². The number of rotatable bonds is 9. The maximum absolute atomic E-state index is 12.2. The summed E-state index contributed by atoms with van der Waals surface area (Å²) in [5.41, 5.74) is 1.29. The van der Waals surface area contributed by atoms with Crippen LogP contribution < -0.4 is 24.3 Å². The Kier molecular flexibility index (Phi) is 7.37. The Hall–Kier alpha value is -3.42. The summed E-state index contributed by atoms with van der Waals surface area (Å²) >= 11 is 0. The van der Waals surface area contributed by atoms with E-state index in [-0.39, 0.29) is 18.1 Å². The predicted molar refractivity (Wildman–Crippen MR) is 109 cm³/mol. The van der Waals surface area contributed by atoms with E-state index in [9.17, 15) is 9.59 Å². The summed E-state index contributed by atoms with van der Waals surface area (Å²) in [6, 6.07) is 10.4. The lowest BCUT2D eigenvalue weighted by molar-refractivity contribution is -0.124. The van der Waals surface area contributed by atoms with Gasteiger partial charge in [-0.2, -0.15) is 0 Å². The molecule has 160 valence electrons.